The summed E-state index contributed by atoms with van der Waals surface area (Å²) in [6.07, 6.45) is 3.97. The fourth-order valence-corrected chi connectivity index (χ4v) is 2.89. The van der Waals surface area contributed by atoms with Gasteiger partial charge in [0.1, 0.15) is 5.82 Å². The lowest BCUT2D eigenvalue weighted by Gasteiger charge is -2.15. The first kappa shape index (κ1) is 14.4. The van der Waals surface area contributed by atoms with Gasteiger partial charge in [-0.1, -0.05) is 13.8 Å². The van der Waals surface area contributed by atoms with E-state index in [1.807, 2.05) is 18.4 Å². The van der Waals surface area contributed by atoms with Crippen LogP contribution in [0.1, 0.15) is 44.9 Å². The van der Waals surface area contributed by atoms with Crippen molar-refractivity contribution >= 4 is 19.7 Å². The minimum absolute atomic E-state index is 0.00751. The zero-order valence-electron chi connectivity index (χ0n) is 10.9. The normalized spacial score (nSPS) is 17.4. The molecule has 0 radical (unpaired) electrons. The zero-order chi connectivity index (χ0) is 14.3. The van der Waals surface area contributed by atoms with E-state index in [1.165, 1.54) is 6.20 Å². The lowest BCUT2D eigenvalue weighted by molar-refractivity contribution is 0.417. The van der Waals surface area contributed by atoms with Gasteiger partial charge in [-0.3, -0.25) is 0 Å². The molecular weight excluding hydrogens is 286 g/mol. The molecule has 0 aliphatic heterocycles. The van der Waals surface area contributed by atoms with E-state index in [1.54, 1.807) is 0 Å². The van der Waals surface area contributed by atoms with E-state index < -0.39 is 9.05 Å². The highest BCUT2D eigenvalue weighted by Crippen LogP contribution is 2.50. The van der Waals surface area contributed by atoms with E-state index in [0.717, 1.165) is 12.8 Å². The van der Waals surface area contributed by atoms with Crippen LogP contribution in [0.25, 0.3) is 0 Å². The first-order valence-corrected chi connectivity index (χ1v) is 8.47. The van der Waals surface area contributed by atoms with Crippen LogP contribution >= 0.6 is 10.7 Å². The number of nitriles is 1. The van der Waals surface area contributed by atoms with E-state index >= 15 is 0 Å². The molecule has 5 nitrogen and oxygen atoms in total. The van der Waals surface area contributed by atoms with Crippen LogP contribution in [-0.4, -0.2) is 18.0 Å². The predicted octanol–water partition coefficient (Wildman–Crippen LogP) is 2.63. The Bertz CT molecular complexity index is 624. The maximum atomic E-state index is 11.4. The van der Waals surface area contributed by atoms with Gasteiger partial charge < -0.3 is 4.57 Å². The fraction of sp³-hybridized carbons (Fsp3) is 0.667. The highest BCUT2D eigenvalue weighted by molar-refractivity contribution is 8.13. The summed E-state index contributed by atoms with van der Waals surface area (Å²) in [7, 11) is 1.53. The lowest BCUT2D eigenvalue weighted by atomic mass is 10.0. The average molecular weight is 302 g/mol. The summed E-state index contributed by atoms with van der Waals surface area (Å²) in [5.74, 6) is 0.800. The number of imidazole rings is 1. The summed E-state index contributed by atoms with van der Waals surface area (Å²) < 4.78 is 24.6. The number of aromatic nitrogens is 2. The molecule has 1 aliphatic carbocycles. The summed E-state index contributed by atoms with van der Waals surface area (Å²) >= 11 is 0. The van der Waals surface area contributed by atoms with Gasteiger partial charge in [0.25, 0.3) is 9.05 Å². The number of hydrogen-bond acceptors (Lipinski definition) is 4. The molecule has 1 aromatic rings. The third-order valence-corrected chi connectivity index (χ3v) is 4.64. The molecule has 0 spiro atoms. The number of nitrogens with zero attached hydrogens (tertiary/aromatic N) is 3. The summed E-state index contributed by atoms with van der Waals surface area (Å²) in [4.78, 5) is 4.11. The van der Waals surface area contributed by atoms with Crippen molar-refractivity contribution in [3.63, 3.8) is 0 Å². The second-order valence-corrected chi connectivity index (χ2v) is 8.01. The topological polar surface area (TPSA) is 75.8 Å². The first-order valence-electron chi connectivity index (χ1n) is 6.16. The molecule has 7 heteroatoms. The second kappa shape index (κ2) is 4.80. The Labute approximate surface area is 117 Å². The standard InChI is InChI=1S/C12H16ClN3O2S/c1-9(2)11-15-10(19(13,17)18)7-16(11)8-12(3-4-12)5-6-14/h7,9H,3-5,8H2,1-2H3. The van der Waals surface area contributed by atoms with E-state index in [9.17, 15) is 8.42 Å². The van der Waals surface area contributed by atoms with Gasteiger partial charge >= 0.3 is 0 Å². The maximum Gasteiger partial charge on any atom is 0.280 e. The molecule has 1 saturated carbocycles. The summed E-state index contributed by atoms with van der Waals surface area (Å²) in [6.45, 7) is 4.54. The van der Waals surface area contributed by atoms with Crippen molar-refractivity contribution in [2.75, 3.05) is 0 Å². The SMILES string of the molecule is CC(C)c1nc(S(=O)(=O)Cl)cn1CC1(CC#N)CC1. The predicted molar refractivity (Wildman–Crippen MR) is 71.3 cm³/mol. The van der Waals surface area contributed by atoms with Crippen LogP contribution in [0, 0.1) is 16.7 Å². The molecule has 0 amide bonds. The van der Waals surface area contributed by atoms with Crippen molar-refractivity contribution in [2.24, 2.45) is 5.41 Å². The highest BCUT2D eigenvalue weighted by atomic mass is 35.7. The molecule has 0 atom stereocenters. The fourth-order valence-electron chi connectivity index (χ4n) is 2.21. The van der Waals surface area contributed by atoms with Gasteiger partial charge in [-0.15, -0.1) is 0 Å². The quantitative estimate of drug-likeness (QED) is 0.783. The molecule has 2 rings (SSSR count). The number of hydrogen-bond donors (Lipinski definition) is 0. The first-order chi connectivity index (χ1) is 8.77. The summed E-state index contributed by atoms with van der Waals surface area (Å²) in [6, 6.07) is 2.20. The molecule has 0 N–H and O–H groups in total. The number of rotatable bonds is 5. The molecule has 1 fully saturated rings. The van der Waals surface area contributed by atoms with E-state index in [0.29, 0.717) is 18.8 Å². The molecule has 19 heavy (non-hydrogen) atoms. The second-order valence-electron chi connectivity index (χ2n) is 5.49. The van der Waals surface area contributed by atoms with Crippen molar-refractivity contribution in [2.45, 2.75) is 50.6 Å². The summed E-state index contributed by atoms with van der Waals surface area (Å²) in [5, 5.41) is 8.74. The Kier molecular flexibility index (Phi) is 3.63. The number of halogens is 1. The Hall–Kier alpha value is -1.06. The smallest absolute Gasteiger partial charge is 0.280 e. The minimum atomic E-state index is -3.81. The van der Waals surface area contributed by atoms with Crippen molar-refractivity contribution < 1.29 is 8.42 Å². The van der Waals surface area contributed by atoms with Crippen molar-refractivity contribution in [3.05, 3.63) is 12.0 Å². The van der Waals surface area contributed by atoms with E-state index in [-0.39, 0.29) is 16.4 Å². The van der Waals surface area contributed by atoms with Gasteiger partial charge in [0, 0.05) is 41.2 Å². The molecule has 0 aromatic carbocycles. The minimum Gasteiger partial charge on any atom is -0.333 e. The van der Waals surface area contributed by atoms with Gasteiger partial charge in [-0.25, -0.2) is 13.4 Å². The monoisotopic (exact) mass is 301 g/mol. The maximum absolute atomic E-state index is 11.4. The molecule has 1 aromatic heterocycles. The molecule has 0 bridgehead atoms. The van der Waals surface area contributed by atoms with Gasteiger partial charge in [-0.05, 0) is 12.8 Å². The third-order valence-electron chi connectivity index (χ3n) is 3.47. The molecule has 0 saturated heterocycles. The lowest BCUT2D eigenvalue weighted by Crippen LogP contribution is -2.14. The van der Waals surface area contributed by atoms with Gasteiger partial charge in [0.2, 0.25) is 0 Å². The third kappa shape index (κ3) is 3.10. The van der Waals surface area contributed by atoms with E-state index in [4.69, 9.17) is 15.9 Å². The van der Waals surface area contributed by atoms with Gasteiger partial charge in [0.15, 0.2) is 5.03 Å². The summed E-state index contributed by atoms with van der Waals surface area (Å²) in [5.41, 5.74) is -0.00751. The zero-order valence-corrected chi connectivity index (χ0v) is 12.5. The van der Waals surface area contributed by atoms with Crippen LogP contribution in [0.15, 0.2) is 11.2 Å². The Morgan fingerprint density at radius 2 is 2.21 bits per heavy atom. The molecule has 104 valence electrons. The van der Waals surface area contributed by atoms with Crippen LogP contribution < -0.4 is 0 Å². The molecule has 1 heterocycles. The molecule has 1 aliphatic rings. The van der Waals surface area contributed by atoms with Gasteiger partial charge in [-0.2, -0.15) is 5.26 Å². The largest absolute Gasteiger partial charge is 0.333 e. The Morgan fingerprint density at radius 1 is 1.58 bits per heavy atom. The van der Waals surface area contributed by atoms with Crippen LogP contribution in [0.2, 0.25) is 0 Å². The van der Waals surface area contributed by atoms with Crippen molar-refractivity contribution in [1.29, 1.82) is 5.26 Å². The Morgan fingerprint density at radius 3 is 2.63 bits per heavy atom. The van der Waals surface area contributed by atoms with Crippen LogP contribution in [0.3, 0.4) is 0 Å². The molecular formula is C12H16ClN3O2S. The Balaban J connectivity index is 2.34. The van der Waals surface area contributed by atoms with E-state index in [2.05, 4.69) is 11.1 Å². The van der Waals surface area contributed by atoms with Gasteiger partial charge in [0.05, 0.1) is 6.07 Å². The highest BCUT2D eigenvalue weighted by Gasteiger charge is 2.43. The van der Waals surface area contributed by atoms with Crippen molar-refractivity contribution in [1.82, 2.24) is 9.55 Å². The molecule has 0 unspecified atom stereocenters. The van der Waals surface area contributed by atoms with Crippen LogP contribution in [0.4, 0.5) is 0 Å². The van der Waals surface area contributed by atoms with Crippen LogP contribution in [0.5, 0.6) is 0 Å². The van der Waals surface area contributed by atoms with Crippen molar-refractivity contribution in [3.8, 4) is 6.07 Å². The van der Waals surface area contributed by atoms with Crippen LogP contribution in [-0.2, 0) is 15.6 Å². The average Bonchev–Trinajstić information content (AvgIpc) is 2.88.